The Hall–Kier alpha value is -1.79. The summed E-state index contributed by atoms with van der Waals surface area (Å²) in [6.07, 6.45) is 1.68. The fourth-order valence-corrected chi connectivity index (χ4v) is 3.76. The molecule has 0 amide bonds. The molecular weight excluding hydrogens is 290 g/mol. The highest BCUT2D eigenvalue weighted by Gasteiger charge is 2.24. The van der Waals surface area contributed by atoms with Gasteiger partial charge >= 0.3 is 0 Å². The molecule has 0 fully saturated rings. The van der Waals surface area contributed by atoms with Crippen molar-refractivity contribution in [3.05, 3.63) is 41.5 Å². The molecule has 0 radical (unpaired) electrons. The van der Waals surface area contributed by atoms with Crippen LogP contribution >= 0.6 is 0 Å². The fraction of sp³-hybridized carbons (Fsp3) is 0.333. The molecule has 5 nitrogen and oxygen atoms in total. The summed E-state index contributed by atoms with van der Waals surface area (Å²) in [5.74, 6) is 1.54. The molecule has 6 heteroatoms. The molecule has 21 heavy (non-hydrogen) atoms. The number of ether oxygens (including phenoxy) is 1. The van der Waals surface area contributed by atoms with Crippen molar-refractivity contribution in [3.8, 4) is 5.75 Å². The number of nitrogens with one attached hydrogen (secondary N) is 1. The average Bonchev–Trinajstić information content (AvgIpc) is 3.01. The van der Waals surface area contributed by atoms with Crippen LogP contribution in [0.1, 0.15) is 18.7 Å². The summed E-state index contributed by atoms with van der Waals surface area (Å²) in [5.41, 5.74) is 0.707. The maximum absolute atomic E-state index is 11.4. The summed E-state index contributed by atoms with van der Waals surface area (Å²) in [6, 6.07) is 7.38. The van der Waals surface area contributed by atoms with Crippen LogP contribution in [0.15, 0.2) is 40.2 Å². The highest BCUT2D eigenvalue weighted by molar-refractivity contribution is 7.94. The summed E-state index contributed by atoms with van der Waals surface area (Å²) in [7, 11) is -1.45. The van der Waals surface area contributed by atoms with Crippen molar-refractivity contribution < 1.29 is 17.6 Å². The maximum Gasteiger partial charge on any atom is 0.176 e. The first kappa shape index (κ1) is 14.2. The highest BCUT2D eigenvalue weighted by atomic mass is 32.2. The Kier molecular flexibility index (Phi) is 3.51. The standard InChI is InChI=1S/C15H17NO4S/c1-10(16-12-6-7-21(17,18)9-12)14-8-11-4-3-5-13(19-2)15(11)20-14/h3-8,10,12,16H,9H2,1-2H3. The minimum Gasteiger partial charge on any atom is -0.493 e. The van der Waals surface area contributed by atoms with Crippen LogP contribution in [0.3, 0.4) is 0 Å². The minimum atomic E-state index is -3.05. The number of fused-ring (bicyclic) bond motifs is 1. The molecule has 3 rings (SSSR count). The third-order valence-electron chi connectivity index (χ3n) is 3.57. The molecule has 1 aliphatic heterocycles. The number of para-hydroxylation sites is 1. The van der Waals surface area contributed by atoms with E-state index in [1.165, 1.54) is 5.41 Å². The highest BCUT2D eigenvalue weighted by Crippen LogP contribution is 2.31. The number of hydrogen-bond donors (Lipinski definition) is 1. The van der Waals surface area contributed by atoms with E-state index in [9.17, 15) is 8.42 Å². The van der Waals surface area contributed by atoms with Gasteiger partial charge in [0.25, 0.3) is 0 Å². The molecule has 112 valence electrons. The fourth-order valence-electron chi connectivity index (χ4n) is 2.51. The molecule has 2 aromatic rings. The van der Waals surface area contributed by atoms with Crippen molar-refractivity contribution >= 4 is 20.8 Å². The van der Waals surface area contributed by atoms with Gasteiger partial charge in [0.2, 0.25) is 0 Å². The molecule has 0 spiro atoms. The van der Waals surface area contributed by atoms with Crippen molar-refractivity contribution in [1.82, 2.24) is 5.32 Å². The van der Waals surface area contributed by atoms with Crippen LogP contribution in [0.2, 0.25) is 0 Å². The lowest BCUT2D eigenvalue weighted by Crippen LogP contribution is -2.32. The van der Waals surface area contributed by atoms with Crippen molar-refractivity contribution in [3.63, 3.8) is 0 Å². The second-order valence-electron chi connectivity index (χ2n) is 5.18. The van der Waals surface area contributed by atoms with Gasteiger partial charge in [0, 0.05) is 16.8 Å². The van der Waals surface area contributed by atoms with Gasteiger partial charge in [0.1, 0.15) is 5.76 Å². The van der Waals surface area contributed by atoms with E-state index >= 15 is 0 Å². The maximum atomic E-state index is 11.4. The predicted molar refractivity (Wildman–Crippen MR) is 81.0 cm³/mol. The number of sulfone groups is 1. The monoisotopic (exact) mass is 307 g/mol. The normalized spacial score (nSPS) is 21.7. The summed E-state index contributed by atoms with van der Waals surface area (Å²) in [5, 5.41) is 5.48. The number of furan rings is 1. The molecule has 1 aromatic heterocycles. The van der Waals surface area contributed by atoms with E-state index in [0.717, 1.165) is 11.1 Å². The molecule has 0 saturated carbocycles. The molecule has 0 saturated heterocycles. The topological polar surface area (TPSA) is 68.5 Å². The van der Waals surface area contributed by atoms with Crippen molar-refractivity contribution in [2.45, 2.75) is 19.0 Å². The molecule has 0 bridgehead atoms. The van der Waals surface area contributed by atoms with Crippen LogP contribution in [-0.4, -0.2) is 27.3 Å². The lowest BCUT2D eigenvalue weighted by molar-refractivity contribution is 0.397. The Morgan fingerprint density at radius 3 is 2.90 bits per heavy atom. The molecule has 0 aliphatic carbocycles. The smallest absolute Gasteiger partial charge is 0.176 e. The van der Waals surface area contributed by atoms with Gasteiger partial charge in [-0.1, -0.05) is 18.2 Å². The van der Waals surface area contributed by atoms with Crippen LogP contribution in [0, 0.1) is 0 Å². The number of rotatable bonds is 4. The van der Waals surface area contributed by atoms with Gasteiger partial charge in [-0.25, -0.2) is 8.42 Å². The number of benzene rings is 1. The van der Waals surface area contributed by atoms with Crippen LogP contribution in [-0.2, 0) is 9.84 Å². The molecule has 2 unspecified atom stereocenters. The Balaban J connectivity index is 1.82. The Bertz CT molecular complexity index is 791. The third kappa shape index (κ3) is 2.82. The first-order valence-corrected chi connectivity index (χ1v) is 8.43. The van der Waals surface area contributed by atoms with Crippen molar-refractivity contribution in [2.24, 2.45) is 0 Å². The summed E-state index contributed by atoms with van der Waals surface area (Å²) < 4.78 is 34.0. The molecular formula is C15H17NO4S. The second kappa shape index (κ2) is 5.20. The van der Waals surface area contributed by atoms with Crippen molar-refractivity contribution in [1.29, 1.82) is 0 Å². The minimum absolute atomic E-state index is 0.0925. The average molecular weight is 307 g/mol. The van der Waals surface area contributed by atoms with E-state index in [1.807, 2.05) is 31.2 Å². The van der Waals surface area contributed by atoms with Gasteiger partial charge in [0.05, 0.1) is 18.9 Å². The second-order valence-corrected chi connectivity index (χ2v) is 7.11. The lowest BCUT2D eigenvalue weighted by atomic mass is 10.2. The predicted octanol–water partition coefficient (Wildman–Crippen LogP) is 2.40. The zero-order valence-corrected chi connectivity index (χ0v) is 12.7. The van der Waals surface area contributed by atoms with Crippen LogP contribution in [0.4, 0.5) is 0 Å². The quantitative estimate of drug-likeness (QED) is 0.939. The summed E-state index contributed by atoms with van der Waals surface area (Å²) in [6.45, 7) is 1.95. The SMILES string of the molecule is COc1cccc2cc(C(C)NC3C=CS(=O)(=O)C3)oc12. The van der Waals surface area contributed by atoms with Crippen LogP contribution in [0.5, 0.6) is 5.75 Å². The number of methoxy groups -OCH3 is 1. The first-order chi connectivity index (χ1) is 9.98. The first-order valence-electron chi connectivity index (χ1n) is 6.72. The van der Waals surface area contributed by atoms with E-state index in [2.05, 4.69) is 5.32 Å². The lowest BCUT2D eigenvalue weighted by Gasteiger charge is -2.15. The van der Waals surface area contributed by atoms with Crippen LogP contribution in [0.25, 0.3) is 11.0 Å². The van der Waals surface area contributed by atoms with Gasteiger partial charge in [-0.3, -0.25) is 0 Å². The molecule has 1 aromatic carbocycles. The summed E-state index contributed by atoms with van der Waals surface area (Å²) >= 11 is 0. The van der Waals surface area contributed by atoms with Gasteiger partial charge in [-0.2, -0.15) is 0 Å². The van der Waals surface area contributed by atoms with Gasteiger partial charge in [0.15, 0.2) is 21.2 Å². The zero-order valence-electron chi connectivity index (χ0n) is 11.9. The van der Waals surface area contributed by atoms with E-state index < -0.39 is 9.84 Å². The van der Waals surface area contributed by atoms with Gasteiger partial charge in [-0.15, -0.1) is 0 Å². The molecule has 2 heterocycles. The zero-order chi connectivity index (χ0) is 15.0. The summed E-state index contributed by atoms with van der Waals surface area (Å²) in [4.78, 5) is 0. The van der Waals surface area contributed by atoms with E-state index in [1.54, 1.807) is 13.2 Å². The molecule has 2 atom stereocenters. The Morgan fingerprint density at radius 1 is 1.43 bits per heavy atom. The largest absolute Gasteiger partial charge is 0.493 e. The van der Waals surface area contributed by atoms with E-state index in [-0.39, 0.29) is 17.8 Å². The van der Waals surface area contributed by atoms with E-state index in [4.69, 9.17) is 9.15 Å². The molecule has 1 N–H and O–H groups in total. The Labute approximate surface area is 123 Å². The van der Waals surface area contributed by atoms with Crippen LogP contribution < -0.4 is 10.1 Å². The number of hydrogen-bond acceptors (Lipinski definition) is 5. The van der Waals surface area contributed by atoms with Gasteiger partial charge in [-0.05, 0) is 19.1 Å². The van der Waals surface area contributed by atoms with Gasteiger partial charge < -0.3 is 14.5 Å². The Morgan fingerprint density at radius 2 is 2.24 bits per heavy atom. The van der Waals surface area contributed by atoms with E-state index in [0.29, 0.717) is 11.3 Å². The molecule has 1 aliphatic rings. The van der Waals surface area contributed by atoms with Crippen molar-refractivity contribution in [2.75, 3.05) is 12.9 Å². The third-order valence-corrected chi connectivity index (χ3v) is 4.96.